The number of carbonyl (C=O) groups is 1. The second-order valence-electron chi connectivity index (χ2n) is 5.13. The molecule has 0 saturated heterocycles. The predicted octanol–water partition coefficient (Wildman–Crippen LogP) is 4.54. The third kappa shape index (κ3) is 4.48. The lowest BCUT2D eigenvalue weighted by Crippen LogP contribution is -2.17. The van der Waals surface area contributed by atoms with Crippen molar-refractivity contribution in [2.45, 2.75) is 6.36 Å². The summed E-state index contributed by atoms with van der Waals surface area (Å²) in [6.45, 7) is 0.484. The summed E-state index contributed by atoms with van der Waals surface area (Å²) in [5.74, 6) is -1.31. The van der Waals surface area contributed by atoms with Gasteiger partial charge in [0, 0.05) is 12.1 Å². The second kappa shape index (κ2) is 7.43. The predicted molar refractivity (Wildman–Crippen MR) is 87.4 cm³/mol. The summed E-state index contributed by atoms with van der Waals surface area (Å²) in [5, 5.41) is -0.919. The highest BCUT2D eigenvalue weighted by Gasteiger charge is 2.31. The average Bonchev–Trinajstić information content (AvgIpc) is 2.60. The number of ether oxygens (including phenoxy) is 5. The van der Waals surface area contributed by atoms with E-state index < -0.39 is 30.1 Å². The summed E-state index contributed by atoms with van der Waals surface area (Å²) in [5.41, 5.74) is -0.142. The molecule has 0 amide bonds. The summed E-state index contributed by atoms with van der Waals surface area (Å²) >= 11 is 5.58. The second-order valence-corrected chi connectivity index (χ2v) is 5.47. The first-order valence-corrected chi connectivity index (χ1v) is 7.69. The van der Waals surface area contributed by atoms with Crippen molar-refractivity contribution in [3.8, 4) is 34.5 Å². The molecule has 0 fully saturated rings. The Hall–Kier alpha value is -2.81. The van der Waals surface area contributed by atoms with E-state index in [0.29, 0.717) is 6.07 Å². The normalized spacial score (nSPS) is 15.2. The molecule has 3 rings (SSSR count). The summed E-state index contributed by atoms with van der Waals surface area (Å²) in [6, 6.07) is 5.11. The van der Waals surface area contributed by atoms with Crippen LogP contribution in [0.4, 0.5) is 13.2 Å². The summed E-state index contributed by atoms with van der Waals surface area (Å²) in [4.78, 5) is 11.8. The number of alkyl halides is 3. The van der Waals surface area contributed by atoms with Crippen molar-refractivity contribution in [3.05, 3.63) is 35.9 Å². The monoisotopic (exact) mass is 407 g/mol. The summed E-state index contributed by atoms with van der Waals surface area (Å²) in [7, 11) is -3.01. The quantitative estimate of drug-likeness (QED) is 0.678. The smallest absolute Gasteiger partial charge is 0.493 e. The van der Waals surface area contributed by atoms with Crippen LogP contribution in [0.15, 0.2) is 30.3 Å². The number of hydrogen-bond donors (Lipinski definition) is 0. The van der Waals surface area contributed by atoms with Crippen molar-refractivity contribution in [1.82, 2.24) is 0 Å². The first kappa shape index (κ1) is 15.3. The van der Waals surface area contributed by atoms with Gasteiger partial charge in [-0.25, -0.2) is 0 Å². The maximum atomic E-state index is 12.5. The lowest BCUT2D eigenvalue weighted by molar-refractivity contribution is -0.274. The van der Waals surface area contributed by atoms with Gasteiger partial charge in [0.2, 0.25) is 0 Å². The van der Waals surface area contributed by atoms with Gasteiger partial charge in [-0.1, -0.05) is 0 Å². The number of benzene rings is 2. The number of rotatable bonds is 5. The van der Waals surface area contributed by atoms with Gasteiger partial charge in [-0.15, -0.1) is 13.2 Å². The van der Waals surface area contributed by atoms with Gasteiger partial charge >= 0.3 is 6.36 Å². The van der Waals surface area contributed by atoms with E-state index in [-0.39, 0.29) is 41.8 Å². The van der Waals surface area contributed by atoms with Crippen LogP contribution in [0, 0.1) is 0 Å². The van der Waals surface area contributed by atoms with Crippen LogP contribution in [-0.4, -0.2) is 31.9 Å². The minimum absolute atomic E-state index is 0.142. The van der Waals surface area contributed by atoms with Gasteiger partial charge < -0.3 is 23.7 Å². The Balaban J connectivity index is 2.01. The van der Waals surface area contributed by atoms with E-state index in [1.807, 2.05) is 0 Å². The molecule has 1 aliphatic heterocycles. The molecule has 10 heteroatoms. The molecular formula is C17H12ClF3O6. The lowest BCUT2D eigenvalue weighted by atomic mass is 10.1. The molecule has 0 atom stereocenters. The van der Waals surface area contributed by atoms with Crippen LogP contribution in [0.25, 0.3) is 0 Å². The van der Waals surface area contributed by atoms with E-state index in [4.69, 9.17) is 34.7 Å². The van der Waals surface area contributed by atoms with Gasteiger partial charge in [-0.05, 0) is 29.8 Å². The molecule has 0 aromatic heterocycles. The maximum Gasteiger partial charge on any atom is 0.573 e. The Morgan fingerprint density at radius 2 is 1.81 bits per heavy atom. The summed E-state index contributed by atoms with van der Waals surface area (Å²) < 4.78 is 83.9. The fraction of sp³-hybridized carbons (Fsp3) is 0.235. The third-order valence-electron chi connectivity index (χ3n) is 3.33. The van der Waals surface area contributed by atoms with Crippen molar-refractivity contribution in [1.29, 1.82) is 0 Å². The van der Waals surface area contributed by atoms with Crippen molar-refractivity contribution in [2.75, 3.05) is 20.3 Å². The third-order valence-corrected chi connectivity index (χ3v) is 3.54. The standard InChI is InChI=1S/C17H12ClF3O6/c1-23-13-6-9(27-17(19,20)21)2-3-11(13)26-12-8-15-14(24-4-5-25-15)7-10(12)16(18)22/h2-3,6-8H,4-5H2,1H3/i1D3. The zero-order chi connectivity index (χ0) is 22.1. The highest BCUT2D eigenvalue weighted by Crippen LogP contribution is 2.42. The van der Waals surface area contributed by atoms with Crippen LogP contribution in [0.3, 0.4) is 0 Å². The first-order chi connectivity index (χ1) is 13.9. The molecule has 6 nitrogen and oxygen atoms in total. The minimum Gasteiger partial charge on any atom is -0.493 e. The highest BCUT2D eigenvalue weighted by molar-refractivity contribution is 6.68. The molecule has 2 aromatic carbocycles. The van der Waals surface area contributed by atoms with Crippen molar-refractivity contribution in [2.24, 2.45) is 0 Å². The number of methoxy groups -OCH3 is 1. The molecule has 144 valence electrons. The zero-order valence-corrected chi connectivity index (χ0v) is 14.0. The Kier molecular flexibility index (Phi) is 4.20. The fourth-order valence-electron chi connectivity index (χ4n) is 2.28. The molecule has 0 radical (unpaired) electrons. The molecule has 2 aromatic rings. The Bertz CT molecular complexity index is 965. The van der Waals surface area contributed by atoms with Crippen LogP contribution < -0.4 is 23.7 Å². The largest absolute Gasteiger partial charge is 0.573 e. The van der Waals surface area contributed by atoms with Crippen molar-refractivity contribution in [3.63, 3.8) is 0 Å². The number of halogens is 4. The topological polar surface area (TPSA) is 63.2 Å². The van der Waals surface area contributed by atoms with E-state index >= 15 is 0 Å². The Labute approximate surface area is 160 Å². The average molecular weight is 408 g/mol. The van der Waals surface area contributed by atoms with Crippen LogP contribution in [-0.2, 0) is 0 Å². The van der Waals surface area contributed by atoms with Gasteiger partial charge in [0.1, 0.15) is 24.7 Å². The van der Waals surface area contributed by atoms with Gasteiger partial charge in [-0.3, -0.25) is 4.79 Å². The van der Waals surface area contributed by atoms with Crippen LogP contribution in [0.1, 0.15) is 14.5 Å². The van der Waals surface area contributed by atoms with E-state index in [9.17, 15) is 18.0 Å². The molecule has 0 spiro atoms. The summed E-state index contributed by atoms with van der Waals surface area (Å²) in [6.07, 6.45) is -5.01. The molecule has 0 N–H and O–H groups in total. The van der Waals surface area contributed by atoms with Gasteiger partial charge in [0.05, 0.1) is 16.7 Å². The number of fused-ring (bicyclic) bond motifs is 1. The molecule has 0 bridgehead atoms. The molecule has 1 heterocycles. The van der Waals surface area contributed by atoms with E-state index in [1.165, 1.54) is 12.1 Å². The molecule has 0 unspecified atom stereocenters. The van der Waals surface area contributed by atoms with Crippen LogP contribution in [0.2, 0.25) is 0 Å². The van der Waals surface area contributed by atoms with E-state index in [1.54, 1.807) is 0 Å². The van der Waals surface area contributed by atoms with Crippen molar-refractivity contribution >= 4 is 16.8 Å². The maximum absolute atomic E-state index is 12.5. The molecule has 1 aliphatic rings. The van der Waals surface area contributed by atoms with Crippen LogP contribution in [0.5, 0.6) is 34.5 Å². The fourth-order valence-corrected chi connectivity index (χ4v) is 2.42. The molecular weight excluding hydrogens is 393 g/mol. The molecule has 0 aliphatic carbocycles. The zero-order valence-electron chi connectivity index (χ0n) is 16.3. The Morgan fingerprint density at radius 3 is 2.44 bits per heavy atom. The first-order valence-electron chi connectivity index (χ1n) is 8.81. The van der Waals surface area contributed by atoms with Crippen LogP contribution >= 0.6 is 11.6 Å². The van der Waals surface area contributed by atoms with E-state index in [2.05, 4.69) is 4.74 Å². The molecule has 27 heavy (non-hydrogen) atoms. The van der Waals surface area contributed by atoms with Gasteiger partial charge in [0.25, 0.3) is 5.24 Å². The lowest BCUT2D eigenvalue weighted by Gasteiger charge is -2.21. The number of hydrogen-bond acceptors (Lipinski definition) is 6. The number of carbonyl (C=O) groups excluding carboxylic acids is 1. The minimum atomic E-state index is -5.01. The molecule has 0 saturated carbocycles. The van der Waals surface area contributed by atoms with Gasteiger partial charge in [0.15, 0.2) is 23.0 Å². The van der Waals surface area contributed by atoms with Crippen molar-refractivity contribution < 1.29 is 45.8 Å². The Morgan fingerprint density at radius 1 is 1.11 bits per heavy atom. The highest BCUT2D eigenvalue weighted by atomic mass is 35.5. The SMILES string of the molecule is [2H]C([2H])([2H])Oc1cc(OC(F)(F)F)ccc1Oc1cc2c(cc1C(=O)Cl)OCCO2. The van der Waals surface area contributed by atoms with Gasteiger partial charge in [-0.2, -0.15) is 0 Å². The van der Waals surface area contributed by atoms with E-state index in [0.717, 1.165) is 12.1 Å².